The number of halogens is 1. The molecule has 1 rings (SSSR count). The molecule has 2 amide bonds. The number of carbonyl (C=O) groups is 2. The van der Waals surface area contributed by atoms with Crippen LogP contribution in [-0.4, -0.2) is 44.5 Å². The van der Waals surface area contributed by atoms with E-state index in [2.05, 4.69) is 20.9 Å². The minimum Gasteiger partial charge on any atom is -0.480 e. The molecule has 0 radical (unpaired) electrons. The van der Waals surface area contributed by atoms with Crippen LogP contribution in [0.5, 0.6) is 0 Å². The fourth-order valence-electron chi connectivity index (χ4n) is 0.893. The highest BCUT2D eigenvalue weighted by atomic mass is 35.5. The molecule has 0 aliphatic heterocycles. The molecule has 9 heteroatoms. The van der Waals surface area contributed by atoms with Crippen molar-refractivity contribution in [2.24, 2.45) is 0 Å². The summed E-state index contributed by atoms with van der Waals surface area (Å²) in [6.07, 6.45) is 1.31. The molecule has 0 spiro atoms. The second kappa shape index (κ2) is 5.91. The lowest BCUT2D eigenvalue weighted by atomic mass is 10.6. The lowest BCUT2D eigenvalue weighted by Gasteiger charge is -2.01. The molecule has 0 bridgehead atoms. The van der Waals surface area contributed by atoms with Crippen molar-refractivity contribution in [3.05, 3.63) is 6.20 Å². The van der Waals surface area contributed by atoms with Gasteiger partial charge in [0.2, 0.25) is 0 Å². The summed E-state index contributed by atoms with van der Waals surface area (Å²) in [5, 5.41) is 20.4. The number of nitrogens with zero attached hydrogens (tertiary/aromatic N) is 3. The van der Waals surface area contributed by atoms with Crippen LogP contribution in [0.4, 0.5) is 10.6 Å². The molecule has 3 N–H and O–H groups in total. The summed E-state index contributed by atoms with van der Waals surface area (Å²) in [4.78, 5) is 21.5. The van der Waals surface area contributed by atoms with Gasteiger partial charge in [-0.25, -0.2) is 9.48 Å². The Labute approximate surface area is 95.6 Å². The molecule has 8 nitrogen and oxygen atoms in total. The molecule has 88 valence electrons. The molecule has 1 heterocycles. The first-order valence-electron chi connectivity index (χ1n) is 4.34. The molecular weight excluding hydrogens is 238 g/mol. The van der Waals surface area contributed by atoms with Crippen LogP contribution in [0.3, 0.4) is 0 Å². The van der Waals surface area contributed by atoms with Crippen molar-refractivity contribution in [3.63, 3.8) is 0 Å². The van der Waals surface area contributed by atoms with Crippen LogP contribution < -0.4 is 10.6 Å². The molecule has 0 atom stereocenters. The van der Waals surface area contributed by atoms with E-state index >= 15 is 0 Å². The summed E-state index contributed by atoms with van der Waals surface area (Å²) in [6.45, 7) is 0.0225. The predicted molar refractivity (Wildman–Crippen MR) is 55.4 cm³/mol. The topological polar surface area (TPSA) is 109 Å². The van der Waals surface area contributed by atoms with Crippen molar-refractivity contribution >= 4 is 29.4 Å². The molecular formula is C7H10ClN5O3. The van der Waals surface area contributed by atoms with Gasteiger partial charge in [-0.15, -0.1) is 16.7 Å². The zero-order chi connectivity index (χ0) is 12.0. The average molecular weight is 248 g/mol. The van der Waals surface area contributed by atoms with Crippen LogP contribution in [0, 0.1) is 0 Å². The lowest BCUT2D eigenvalue weighted by Crippen LogP contribution is -2.30. The Morgan fingerprint density at radius 1 is 1.56 bits per heavy atom. The number of hydrogen-bond acceptors (Lipinski definition) is 4. The van der Waals surface area contributed by atoms with Gasteiger partial charge in [0.1, 0.15) is 6.54 Å². The van der Waals surface area contributed by atoms with E-state index in [4.69, 9.17) is 16.7 Å². The average Bonchev–Trinajstić information content (AvgIpc) is 2.61. The summed E-state index contributed by atoms with van der Waals surface area (Å²) >= 11 is 5.37. The third-order valence-corrected chi connectivity index (χ3v) is 1.65. The van der Waals surface area contributed by atoms with Gasteiger partial charge in [-0.05, 0) is 0 Å². The lowest BCUT2D eigenvalue weighted by molar-refractivity contribution is -0.137. The Hall–Kier alpha value is -1.83. The minimum absolute atomic E-state index is 0.174. The van der Waals surface area contributed by atoms with Crippen LogP contribution in [0.2, 0.25) is 0 Å². The highest BCUT2D eigenvalue weighted by Crippen LogP contribution is 1.99. The normalized spacial score (nSPS) is 9.81. The van der Waals surface area contributed by atoms with Crippen LogP contribution in [-0.2, 0) is 11.3 Å². The maximum Gasteiger partial charge on any atom is 0.325 e. The summed E-state index contributed by atoms with van der Waals surface area (Å²) < 4.78 is 1.10. The van der Waals surface area contributed by atoms with Gasteiger partial charge >= 0.3 is 12.0 Å². The monoisotopic (exact) mass is 247 g/mol. The predicted octanol–water partition coefficient (Wildman–Crippen LogP) is -0.277. The summed E-state index contributed by atoms with van der Waals surface area (Å²) in [6, 6.07) is -0.469. The zero-order valence-corrected chi connectivity index (χ0v) is 8.94. The number of nitrogens with one attached hydrogen (secondary N) is 2. The van der Waals surface area contributed by atoms with E-state index < -0.39 is 12.0 Å². The number of carboxylic acids is 1. The molecule has 16 heavy (non-hydrogen) atoms. The van der Waals surface area contributed by atoms with Gasteiger partial charge in [-0.1, -0.05) is 5.21 Å². The molecule has 1 aromatic heterocycles. The largest absolute Gasteiger partial charge is 0.480 e. The Morgan fingerprint density at radius 3 is 2.94 bits per heavy atom. The molecule has 0 saturated heterocycles. The third kappa shape index (κ3) is 4.13. The van der Waals surface area contributed by atoms with E-state index in [1.54, 1.807) is 0 Å². The van der Waals surface area contributed by atoms with Crippen LogP contribution >= 0.6 is 11.6 Å². The molecule has 0 unspecified atom stereocenters. The van der Waals surface area contributed by atoms with Crippen LogP contribution in [0.25, 0.3) is 0 Å². The Kier molecular flexibility index (Phi) is 4.52. The van der Waals surface area contributed by atoms with E-state index in [0.717, 1.165) is 4.68 Å². The summed E-state index contributed by atoms with van der Waals surface area (Å²) in [7, 11) is 0. The number of alkyl halides is 1. The first-order valence-corrected chi connectivity index (χ1v) is 4.88. The van der Waals surface area contributed by atoms with Crippen molar-refractivity contribution in [2.45, 2.75) is 6.54 Å². The Balaban J connectivity index is 2.45. The fourth-order valence-corrected chi connectivity index (χ4v) is 0.987. The minimum atomic E-state index is -1.04. The van der Waals surface area contributed by atoms with Gasteiger partial charge in [-0.3, -0.25) is 10.1 Å². The number of aliphatic carboxylic acids is 1. The van der Waals surface area contributed by atoms with Gasteiger partial charge < -0.3 is 10.4 Å². The zero-order valence-electron chi connectivity index (χ0n) is 8.18. The molecule has 0 saturated carbocycles. The fraction of sp³-hybridized carbons (Fsp3) is 0.429. The maximum atomic E-state index is 11.1. The number of rotatable bonds is 5. The molecule has 0 aliphatic rings. The van der Waals surface area contributed by atoms with Crippen LogP contribution in [0.1, 0.15) is 0 Å². The number of amides is 2. The van der Waals surface area contributed by atoms with Gasteiger partial charge in [0.25, 0.3) is 0 Å². The highest BCUT2D eigenvalue weighted by molar-refractivity contribution is 6.18. The first kappa shape index (κ1) is 12.2. The van der Waals surface area contributed by atoms with Gasteiger partial charge in [0.05, 0.1) is 6.20 Å². The van der Waals surface area contributed by atoms with Crippen molar-refractivity contribution in [2.75, 3.05) is 17.7 Å². The van der Waals surface area contributed by atoms with E-state index in [1.165, 1.54) is 6.20 Å². The van der Waals surface area contributed by atoms with E-state index in [9.17, 15) is 9.59 Å². The smallest absolute Gasteiger partial charge is 0.325 e. The second-order valence-corrected chi connectivity index (χ2v) is 3.14. The first-order chi connectivity index (χ1) is 7.61. The van der Waals surface area contributed by atoms with Gasteiger partial charge in [0.15, 0.2) is 5.82 Å². The second-order valence-electron chi connectivity index (χ2n) is 2.76. The van der Waals surface area contributed by atoms with Crippen molar-refractivity contribution in [1.82, 2.24) is 20.3 Å². The van der Waals surface area contributed by atoms with Crippen molar-refractivity contribution in [1.29, 1.82) is 0 Å². The third-order valence-electron chi connectivity index (χ3n) is 1.46. The van der Waals surface area contributed by atoms with Gasteiger partial charge in [-0.2, -0.15) is 0 Å². The number of aromatic nitrogens is 3. The number of urea groups is 1. The molecule has 1 aromatic rings. The SMILES string of the molecule is O=C(O)Cn1cc(NC(=O)NCCCl)nn1. The van der Waals surface area contributed by atoms with Crippen molar-refractivity contribution < 1.29 is 14.7 Å². The highest BCUT2D eigenvalue weighted by Gasteiger charge is 2.06. The van der Waals surface area contributed by atoms with Crippen LogP contribution in [0.15, 0.2) is 6.20 Å². The Bertz CT molecular complexity index is 380. The van der Waals surface area contributed by atoms with Crippen molar-refractivity contribution in [3.8, 4) is 0 Å². The number of hydrogen-bond donors (Lipinski definition) is 3. The quantitative estimate of drug-likeness (QED) is 0.620. The van der Waals surface area contributed by atoms with Gasteiger partial charge in [0, 0.05) is 12.4 Å². The number of anilines is 1. The summed E-state index contributed by atoms with van der Waals surface area (Å²) in [5.41, 5.74) is 0. The maximum absolute atomic E-state index is 11.1. The molecule has 0 fully saturated rings. The van der Waals surface area contributed by atoms with E-state index in [-0.39, 0.29) is 12.4 Å². The number of carboxylic acid groups (broad SMARTS) is 1. The van der Waals surface area contributed by atoms with E-state index in [1.807, 2.05) is 0 Å². The Morgan fingerprint density at radius 2 is 2.31 bits per heavy atom. The molecule has 0 aliphatic carbocycles. The summed E-state index contributed by atoms with van der Waals surface area (Å²) in [5.74, 6) is -0.560. The van der Waals surface area contributed by atoms with E-state index in [0.29, 0.717) is 12.4 Å². The number of carbonyl (C=O) groups excluding carboxylic acids is 1. The standard InChI is InChI=1S/C7H10ClN5O3/c8-1-2-9-7(16)10-5-3-13(12-11-5)4-6(14)15/h3H,1-2,4H2,(H,14,15)(H2,9,10,16). The molecule has 0 aromatic carbocycles.